The molecule has 0 unspecified atom stereocenters. The van der Waals surface area contributed by atoms with E-state index in [0.29, 0.717) is 23.5 Å². The van der Waals surface area contributed by atoms with Crippen molar-refractivity contribution >= 4 is 33.2 Å². The summed E-state index contributed by atoms with van der Waals surface area (Å²) >= 11 is 3.32. The van der Waals surface area contributed by atoms with Gasteiger partial charge in [-0.15, -0.1) is 0 Å². The molecule has 0 saturated heterocycles. The molecule has 0 spiro atoms. The van der Waals surface area contributed by atoms with Crippen LogP contribution in [0.2, 0.25) is 0 Å². The van der Waals surface area contributed by atoms with Crippen molar-refractivity contribution in [3.8, 4) is 5.75 Å². The first-order valence-electron chi connectivity index (χ1n) is 6.19. The Balaban J connectivity index is 2.11. The topological polar surface area (TPSA) is 64.3 Å². The Kier molecular flexibility index (Phi) is 4.63. The van der Waals surface area contributed by atoms with Crippen LogP contribution in [0.25, 0.3) is 0 Å². The number of hydrogen-bond donors (Lipinski definition) is 2. The van der Waals surface area contributed by atoms with Gasteiger partial charge in [-0.25, -0.2) is 0 Å². The molecule has 4 nitrogen and oxygen atoms in total. The summed E-state index contributed by atoms with van der Waals surface area (Å²) in [7, 11) is 0. The third-order valence-electron chi connectivity index (χ3n) is 2.69. The zero-order chi connectivity index (χ0) is 14.5. The number of carbonyl (C=O) groups is 1. The summed E-state index contributed by atoms with van der Waals surface area (Å²) in [6.45, 7) is 2.51. The van der Waals surface area contributed by atoms with Gasteiger partial charge in [0.2, 0.25) is 0 Å². The number of ether oxygens (including phenoxy) is 1. The van der Waals surface area contributed by atoms with Gasteiger partial charge in [0.25, 0.3) is 5.91 Å². The molecule has 0 aliphatic rings. The summed E-state index contributed by atoms with van der Waals surface area (Å²) in [6.07, 6.45) is 0. The zero-order valence-electron chi connectivity index (χ0n) is 11.0. The molecular formula is C15H15BrN2O2. The zero-order valence-corrected chi connectivity index (χ0v) is 12.6. The largest absolute Gasteiger partial charge is 0.494 e. The maximum atomic E-state index is 12.1. The Labute approximate surface area is 126 Å². The van der Waals surface area contributed by atoms with E-state index in [4.69, 9.17) is 10.5 Å². The SMILES string of the molecule is CCOc1ccc(C(=O)Nc2ccc(Br)cc2N)cc1. The fourth-order valence-corrected chi connectivity index (χ4v) is 2.09. The summed E-state index contributed by atoms with van der Waals surface area (Å²) in [6, 6.07) is 12.3. The Bertz CT molecular complexity index is 612. The molecule has 3 N–H and O–H groups in total. The van der Waals surface area contributed by atoms with Crippen molar-refractivity contribution in [1.29, 1.82) is 0 Å². The Morgan fingerprint density at radius 3 is 2.55 bits per heavy atom. The van der Waals surface area contributed by atoms with Crippen LogP contribution in [0, 0.1) is 0 Å². The molecule has 104 valence electrons. The van der Waals surface area contributed by atoms with Gasteiger partial charge in [0.1, 0.15) is 5.75 Å². The number of nitrogen functional groups attached to an aromatic ring is 1. The van der Waals surface area contributed by atoms with Gasteiger partial charge in [-0.1, -0.05) is 15.9 Å². The van der Waals surface area contributed by atoms with Crippen molar-refractivity contribution in [2.45, 2.75) is 6.92 Å². The second-order valence-electron chi connectivity index (χ2n) is 4.14. The number of nitrogens with two attached hydrogens (primary N) is 1. The third-order valence-corrected chi connectivity index (χ3v) is 3.18. The molecule has 0 radical (unpaired) electrons. The van der Waals surface area contributed by atoms with Crippen molar-refractivity contribution in [1.82, 2.24) is 0 Å². The molecule has 1 amide bonds. The van der Waals surface area contributed by atoms with Crippen LogP contribution in [0.4, 0.5) is 11.4 Å². The van der Waals surface area contributed by atoms with Crippen LogP contribution in [0.15, 0.2) is 46.9 Å². The number of amides is 1. The first-order valence-corrected chi connectivity index (χ1v) is 6.98. The molecule has 2 aromatic rings. The van der Waals surface area contributed by atoms with Crippen LogP contribution in [0.3, 0.4) is 0 Å². The lowest BCUT2D eigenvalue weighted by Crippen LogP contribution is -2.13. The van der Waals surface area contributed by atoms with Gasteiger partial charge in [-0.3, -0.25) is 4.79 Å². The minimum Gasteiger partial charge on any atom is -0.494 e. The van der Waals surface area contributed by atoms with Crippen LogP contribution < -0.4 is 15.8 Å². The van der Waals surface area contributed by atoms with E-state index in [9.17, 15) is 4.79 Å². The number of benzene rings is 2. The van der Waals surface area contributed by atoms with Crippen molar-refractivity contribution < 1.29 is 9.53 Å². The van der Waals surface area contributed by atoms with Crippen molar-refractivity contribution in [2.24, 2.45) is 0 Å². The van der Waals surface area contributed by atoms with Gasteiger partial charge in [0.15, 0.2) is 0 Å². The van der Waals surface area contributed by atoms with Gasteiger partial charge in [0.05, 0.1) is 18.0 Å². The van der Waals surface area contributed by atoms with Crippen LogP contribution in [0.5, 0.6) is 5.75 Å². The second-order valence-corrected chi connectivity index (χ2v) is 5.06. The van der Waals surface area contributed by atoms with Crippen molar-refractivity contribution in [3.63, 3.8) is 0 Å². The molecule has 0 atom stereocenters. The number of nitrogens with one attached hydrogen (secondary N) is 1. The van der Waals surface area contributed by atoms with E-state index in [1.807, 2.05) is 13.0 Å². The molecule has 0 fully saturated rings. The lowest BCUT2D eigenvalue weighted by Gasteiger charge is -2.09. The number of halogens is 1. The molecule has 5 heteroatoms. The minimum atomic E-state index is -0.206. The van der Waals surface area contributed by atoms with Gasteiger partial charge >= 0.3 is 0 Å². The monoisotopic (exact) mass is 334 g/mol. The van der Waals surface area contributed by atoms with Crippen LogP contribution in [-0.4, -0.2) is 12.5 Å². The number of anilines is 2. The van der Waals surface area contributed by atoms with Gasteiger partial charge in [-0.2, -0.15) is 0 Å². The Morgan fingerprint density at radius 1 is 1.25 bits per heavy atom. The van der Waals surface area contributed by atoms with E-state index in [0.717, 1.165) is 10.2 Å². The van der Waals surface area contributed by atoms with Crippen molar-refractivity contribution in [2.75, 3.05) is 17.7 Å². The van der Waals surface area contributed by atoms with Gasteiger partial charge < -0.3 is 15.8 Å². The van der Waals surface area contributed by atoms with Crippen LogP contribution in [-0.2, 0) is 0 Å². The molecular weight excluding hydrogens is 320 g/mol. The molecule has 0 saturated carbocycles. The maximum absolute atomic E-state index is 12.1. The standard InChI is InChI=1S/C15H15BrN2O2/c1-2-20-12-6-3-10(4-7-12)15(19)18-14-8-5-11(16)9-13(14)17/h3-9H,2,17H2,1H3,(H,18,19). The lowest BCUT2D eigenvalue weighted by molar-refractivity contribution is 0.102. The second kappa shape index (κ2) is 6.43. The number of rotatable bonds is 4. The van der Waals surface area contributed by atoms with Gasteiger partial charge in [-0.05, 0) is 49.4 Å². The average molecular weight is 335 g/mol. The van der Waals surface area contributed by atoms with E-state index in [1.54, 1.807) is 36.4 Å². The highest BCUT2D eigenvalue weighted by Gasteiger charge is 2.08. The van der Waals surface area contributed by atoms with Crippen molar-refractivity contribution in [3.05, 3.63) is 52.5 Å². The number of hydrogen-bond acceptors (Lipinski definition) is 3. The molecule has 0 heterocycles. The van der Waals surface area contributed by atoms with Gasteiger partial charge in [0, 0.05) is 10.0 Å². The van der Waals surface area contributed by atoms with E-state index >= 15 is 0 Å². The summed E-state index contributed by atoms with van der Waals surface area (Å²) < 4.78 is 6.20. The first kappa shape index (κ1) is 14.4. The summed E-state index contributed by atoms with van der Waals surface area (Å²) in [4.78, 5) is 12.1. The van der Waals surface area contributed by atoms with Crippen LogP contribution >= 0.6 is 15.9 Å². The molecule has 0 aliphatic carbocycles. The molecule has 2 rings (SSSR count). The normalized spacial score (nSPS) is 10.1. The molecule has 2 aromatic carbocycles. The Hall–Kier alpha value is -2.01. The smallest absolute Gasteiger partial charge is 0.255 e. The maximum Gasteiger partial charge on any atom is 0.255 e. The Morgan fingerprint density at radius 2 is 1.95 bits per heavy atom. The molecule has 0 aromatic heterocycles. The predicted octanol–water partition coefficient (Wildman–Crippen LogP) is 3.68. The molecule has 20 heavy (non-hydrogen) atoms. The van der Waals surface area contributed by atoms with E-state index < -0.39 is 0 Å². The highest BCUT2D eigenvalue weighted by molar-refractivity contribution is 9.10. The number of carbonyl (C=O) groups excluding carboxylic acids is 1. The quantitative estimate of drug-likeness (QED) is 0.838. The highest BCUT2D eigenvalue weighted by atomic mass is 79.9. The molecule has 0 aliphatic heterocycles. The molecule has 0 bridgehead atoms. The van der Waals surface area contributed by atoms with E-state index in [2.05, 4.69) is 21.2 Å². The fraction of sp³-hybridized carbons (Fsp3) is 0.133. The first-order chi connectivity index (χ1) is 9.60. The highest BCUT2D eigenvalue weighted by Crippen LogP contribution is 2.23. The summed E-state index contributed by atoms with van der Waals surface area (Å²) in [5.41, 5.74) is 7.50. The summed E-state index contributed by atoms with van der Waals surface area (Å²) in [5, 5.41) is 2.78. The minimum absolute atomic E-state index is 0.206. The fourth-order valence-electron chi connectivity index (χ4n) is 1.71. The average Bonchev–Trinajstić information content (AvgIpc) is 2.43. The van der Waals surface area contributed by atoms with E-state index in [-0.39, 0.29) is 5.91 Å². The third kappa shape index (κ3) is 3.51. The predicted molar refractivity (Wildman–Crippen MR) is 84.1 cm³/mol. The van der Waals surface area contributed by atoms with E-state index in [1.165, 1.54) is 0 Å². The van der Waals surface area contributed by atoms with Crippen LogP contribution in [0.1, 0.15) is 17.3 Å². The summed E-state index contributed by atoms with van der Waals surface area (Å²) in [5.74, 6) is 0.536. The lowest BCUT2D eigenvalue weighted by atomic mass is 10.2.